The highest BCUT2D eigenvalue weighted by Gasteiger charge is 2.32. The molecule has 1 aromatic carbocycles. The van der Waals surface area contributed by atoms with Crippen molar-refractivity contribution in [1.29, 1.82) is 0 Å². The lowest BCUT2D eigenvalue weighted by molar-refractivity contribution is -0.122. The van der Waals surface area contributed by atoms with E-state index in [0.717, 1.165) is 30.3 Å². The van der Waals surface area contributed by atoms with Crippen LogP contribution >= 0.6 is 24.0 Å². The molecule has 0 aromatic heterocycles. The van der Waals surface area contributed by atoms with Gasteiger partial charge in [-0.05, 0) is 51.1 Å². The molecule has 2 aliphatic rings. The number of nitrogens with zero attached hydrogens (tertiary/aromatic N) is 3. The van der Waals surface area contributed by atoms with Crippen molar-refractivity contribution in [1.82, 2.24) is 4.90 Å². The number of likely N-dealkylation sites (N-methyl/N-ethyl adjacent to an activating group) is 1. The van der Waals surface area contributed by atoms with Gasteiger partial charge in [0.25, 0.3) is 5.91 Å². The summed E-state index contributed by atoms with van der Waals surface area (Å²) < 4.78 is 5.44. The summed E-state index contributed by atoms with van der Waals surface area (Å²) in [5.74, 6) is 0.551. The van der Waals surface area contributed by atoms with Crippen molar-refractivity contribution >= 4 is 51.6 Å². The Bertz CT molecular complexity index is 895. The van der Waals surface area contributed by atoms with E-state index in [1.54, 1.807) is 11.0 Å². The molecule has 1 amide bonds. The molecule has 0 unspecified atom stereocenters. The fourth-order valence-electron chi connectivity index (χ4n) is 3.39. The molecule has 28 heavy (non-hydrogen) atoms. The lowest BCUT2D eigenvalue weighted by Crippen LogP contribution is -2.28. The summed E-state index contributed by atoms with van der Waals surface area (Å²) in [7, 11) is 1.38. The first kappa shape index (κ1) is 20.4. The van der Waals surface area contributed by atoms with Crippen molar-refractivity contribution in [2.75, 3.05) is 36.5 Å². The van der Waals surface area contributed by atoms with Gasteiger partial charge >= 0.3 is 5.97 Å². The van der Waals surface area contributed by atoms with Gasteiger partial charge in [0.2, 0.25) is 0 Å². The van der Waals surface area contributed by atoms with E-state index < -0.39 is 0 Å². The van der Waals surface area contributed by atoms with Crippen molar-refractivity contribution in [3.8, 4) is 0 Å². The van der Waals surface area contributed by atoms with E-state index in [1.807, 2.05) is 31.2 Å². The van der Waals surface area contributed by atoms with Gasteiger partial charge in [0.1, 0.15) is 10.1 Å². The van der Waals surface area contributed by atoms with Crippen molar-refractivity contribution < 1.29 is 14.3 Å². The van der Waals surface area contributed by atoms with E-state index >= 15 is 0 Å². The zero-order chi connectivity index (χ0) is 20.4. The van der Waals surface area contributed by atoms with E-state index in [0.29, 0.717) is 21.3 Å². The highest BCUT2D eigenvalue weighted by atomic mass is 32.2. The summed E-state index contributed by atoms with van der Waals surface area (Å²) in [6.07, 6.45) is 3.79. The standard InChI is InChI=1S/C20H23N3O3S2/c1-5-21-14-9-8-13(19(25)26-4)12-15(14)22(6-2)17(21)11-10-16-18(24)23(7-3)20(27)28-16/h8-12H,5-7H2,1-4H3/b16-10+,17-11+. The molecule has 2 aliphatic heterocycles. The van der Waals surface area contributed by atoms with Crippen LogP contribution in [-0.2, 0) is 9.53 Å². The molecule has 0 saturated carbocycles. The maximum Gasteiger partial charge on any atom is 0.337 e. The molecule has 0 radical (unpaired) electrons. The van der Waals surface area contributed by atoms with Crippen LogP contribution in [0.3, 0.4) is 0 Å². The number of benzene rings is 1. The van der Waals surface area contributed by atoms with Gasteiger partial charge in [0, 0.05) is 19.6 Å². The number of thiocarbonyl (C=S) groups is 1. The van der Waals surface area contributed by atoms with Gasteiger partial charge in [0.15, 0.2) is 0 Å². The number of amides is 1. The fraction of sp³-hybridized carbons (Fsp3) is 0.350. The Morgan fingerprint density at radius 2 is 1.71 bits per heavy atom. The molecule has 148 valence electrons. The Labute approximate surface area is 174 Å². The minimum Gasteiger partial charge on any atom is -0.465 e. The smallest absolute Gasteiger partial charge is 0.337 e. The number of methoxy groups -OCH3 is 1. The molecule has 0 N–H and O–H groups in total. The lowest BCUT2D eigenvalue weighted by atomic mass is 10.1. The number of carbonyl (C=O) groups is 2. The average Bonchev–Trinajstić information content (AvgIpc) is 3.16. The van der Waals surface area contributed by atoms with Crippen molar-refractivity contribution in [2.45, 2.75) is 20.8 Å². The maximum atomic E-state index is 12.5. The van der Waals surface area contributed by atoms with Crippen molar-refractivity contribution in [3.05, 3.63) is 46.6 Å². The summed E-state index contributed by atoms with van der Waals surface area (Å²) >= 11 is 6.61. The van der Waals surface area contributed by atoms with Crippen LogP contribution in [0.2, 0.25) is 0 Å². The Morgan fingerprint density at radius 1 is 1.07 bits per heavy atom. The summed E-state index contributed by atoms with van der Waals surface area (Å²) in [6.45, 7) is 8.10. The predicted octanol–water partition coefficient (Wildman–Crippen LogP) is 3.74. The van der Waals surface area contributed by atoms with E-state index in [-0.39, 0.29) is 11.9 Å². The predicted molar refractivity (Wildman–Crippen MR) is 118 cm³/mol. The number of fused-ring (bicyclic) bond motifs is 1. The largest absolute Gasteiger partial charge is 0.465 e. The molecule has 0 atom stereocenters. The van der Waals surface area contributed by atoms with Crippen LogP contribution in [0.5, 0.6) is 0 Å². The third kappa shape index (κ3) is 3.42. The zero-order valence-electron chi connectivity index (χ0n) is 16.4. The highest BCUT2D eigenvalue weighted by molar-refractivity contribution is 8.26. The molecule has 0 spiro atoms. The van der Waals surface area contributed by atoms with Crippen molar-refractivity contribution in [3.63, 3.8) is 0 Å². The third-order valence-electron chi connectivity index (χ3n) is 4.74. The fourth-order valence-corrected chi connectivity index (χ4v) is 4.71. The number of hydrogen-bond donors (Lipinski definition) is 0. The van der Waals surface area contributed by atoms with Crippen LogP contribution in [-0.4, -0.2) is 47.8 Å². The molecule has 6 nitrogen and oxygen atoms in total. The van der Waals surface area contributed by atoms with E-state index in [9.17, 15) is 9.59 Å². The minimum absolute atomic E-state index is 0.0519. The van der Waals surface area contributed by atoms with Crippen LogP contribution in [0, 0.1) is 0 Å². The Hall–Kier alpha value is -2.32. The van der Waals surface area contributed by atoms with Gasteiger partial charge in [-0.25, -0.2) is 4.79 Å². The first-order chi connectivity index (χ1) is 13.5. The van der Waals surface area contributed by atoms with Gasteiger partial charge in [0.05, 0.1) is 29.0 Å². The number of allylic oxidation sites excluding steroid dienone is 2. The quantitative estimate of drug-likeness (QED) is 0.411. The second kappa shape index (κ2) is 8.36. The van der Waals surface area contributed by atoms with Gasteiger partial charge in [-0.2, -0.15) is 0 Å². The number of ether oxygens (including phenoxy) is 1. The van der Waals surface area contributed by atoms with Gasteiger partial charge < -0.3 is 14.5 Å². The summed E-state index contributed by atoms with van der Waals surface area (Å²) in [5, 5.41) is 0. The lowest BCUT2D eigenvalue weighted by Gasteiger charge is -2.23. The summed E-state index contributed by atoms with van der Waals surface area (Å²) in [4.78, 5) is 30.9. The van der Waals surface area contributed by atoms with Gasteiger partial charge in [-0.3, -0.25) is 9.69 Å². The Morgan fingerprint density at radius 3 is 2.29 bits per heavy atom. The summed E-state index contributed by atoms with van der Waals surface area (Å²) in [5.41, 5.74) is 2.49. The molecule has 0 aliphatic carbocycles. The third-order valence-corrected chi connectivity index (χ3v) is 6.13. The second-order valence-corrected chi connectivity index (χ2v) is 7.83. The Kier molecular flexibility index (Phi) is 6.10. The molecule has 1 fully saturated rings. The molecule has 2 heterocycles. The average molecular weight is 418 g/mol. The second-order valence-electron chi connectivity index (χ2n) is 6.16. The van der Waals surface area contributed by atoms with E-state index in [4.69, 9.17) is 17.0 Å². The van der Waals surface area contributed by atoms with Crippen LogP contribution < -0.4 is 9.80 Å². The van der Waals surface area contributed by atoms with E-state index in [2.05, 4.69) is 23.6 Å². The first-order valence-electron chi connectivity index (χ1n) is 9.19. The first-order valence-corrected chi connectivity index (χ1v) is 10.4. The minimum atomic E-state index is -0.359. The molecule has 8 heteroatoms. The number of thioether (sulfide) groups is 1. The zero-order valence-corrected chi connectivity index (χ0v) is 18.0. The van der Waals surface area contributed by atoms with Crippen LogP contribution in [0.25, 0.3) is 0 Å². The topological polar surface area (TPSA) is 53.1 Å². The summed E-state index contributed by atoms with van der Waals surface area (Å²) in [6, 6.07) is 5.56. The number of hydrogen-bond acceptors (Lipinski definition) is 7. The van der Waals surface area contributed by atoms with Gasteiger partial charge in [-0.15, -0.1) is 0 Å². The number of esters is 1. The molecule has 3 rings (SSSR count). The maximum absolute atomic E-state index is 12.5. The van der Waals surface area contributed by atoms with Crippen LogP contribution in [0.1, 0.15) is 31.1 Å². The number of rotatable bonds is 5. The molecule has 0 bridgehead atoms. The SMILES string of the molecule is CCN1C(=O)/C(=C\C=C2/N(CC)c3ccc(C(=O)OC)cc3N2CC)SC1=S. The Balaban J connectivity index is 2.00. The monoisotopic (exact) mass is 417 g/mol. The van der Waals surface area contributed by atoms with Crippen molar-refractivity contribution in [2.24, 2.45) is 0 Å². The van der Waals surface area contributed by atoms with Crippen LogP contribution in [0.15, 0.2) is 41.1 Å². The van der Waals surface area contributed by atoms with E-state index in [1.165, 1.54) is 18.9 Å². The highest BCUT2D eigenvalue weighted by Crippen LogP contribution is 2.42. The molecular formula is C20H23N3O3S2. The molecular weight excluding hydrogens is 394 g/mol. The van der Waals surface area contributed by atoms with Crippen LogP contribution in [0.4, 0.5) is 11.4 Å². The normalized spacial score (nSPS) is 19.2. The number of carbonyl (C=O) groups excluding carboxylic acids is 2. The van der Waals surface area contributed by atoms with Gasteiger partial charge in [-0.1, -0.05) is 24.0 Å². The molecule has 1 aromatic rings. The number of anilines is 2. The molecule has 1 saturated heterocycles.